The standard InChI is InChI=1S/C18H14F4N2O4S.C14H14O3/c1-17(26,10-29(27,28)14-6-3-12(19)4-7-14)16(25)24-13-5-2-11(9-23)15(8-13)18(20,21)22;1-9(14(15)16)10-3-4-12-8-13(17-2)6-5-11(12)7-10/h2-8,26H,10H2,1H3,(H,24,25);3-9H,1-2H3,(H,15,16)/t;9-/m.0/s1. The van der Waals surface area contributed by atoms with Crippen LogP contribution in [0.5, 0.6) is 5.75 Å². The average molecular weight is 661 g/mol. The molecule has 1 unspecified atom stereocenters. The first-order chi connectivity index (χ1) is 21.4. The van der Waals surface area contributed by atoms with Crippen molar-refractivity contribution in [3.05, 3.63) is 101 Å². The van der Waals surface area contributed by atoms with Crippen LogP contribution in [0.2, 0.25) is 0 Å². The van der Waals surface area contributed by atoms with Crippen molar-refractivity contribution in [1.82, 2.24) is 0 Å². The number of nitrogens with zero attached hydrogens (tertiary/aromatic N) is 1. The first kappa shape index (κ1) is 35.5. The summed E-state index contributed by atoms with van der Waals surface area (Å²) in [7, 11) is -2.59. The highest BCUT2D eigenvalue weighted by molar-refractivity contribution is 7.91. The molecule has 9 nitrogen and oxygen atoms in total. The second kappa shape index (κ2) is 14.0. The number of carbonyl (C=O) groups is 2. The minimum atomic E-state index is -4.86. The van der Waals surface area contributed by atoms with Gasteiger partial charge in [-0.15, -0.1) is 0 Å². The van der Waals surface area contributed by atoms with E-state index in [1.54, 1.807) is 14.0 Å². The molecule has 0 aromatic heterocycles. The number of sulfone groups is 1. The molecular weight excluding hydrogens is 632 g/mol. The van der Waals surface area contributed by atoms with E-state index in [4.69, 9.17) is 15.1 Å². The Balaban J connectivity index is 0.000000286. The lowest BCUT2D eigenvalue weighted by Crippen LogP contribution is -2.45. The van der Waals surface area contributed by atoms with Crippen LogP contribution in [0.3, 0.4) is 0 Å². The van der Waals surface area contributed by atoms with Crippen molar-refractivity contribution >= 4 is 38.2 Å². The summed E-state index contributed by atoms with van der Waals surface area (Å²) in [4.78, 5) is 22.9. The van der Waals surface area contributed by atoms with Crippen molar-refractivity contribution in [1.29, 1.82) is 5.26 Å². The molecule has 0 spiro atoms. The number of nitrogens with one attached hydrogen (secondary N) is 1. The lowest BCUT2D eigenvalue weighted by atomic mass is 9.98. The number of amides is 1. The molecule has 242 valence electrons. The molecule has 0 aliphatic rings. The van der Waals surface area contributed by atoms with E-state index in [0.717, 1.165) is 65.4 Å². The smallest absolute Gasteiger partial charge is 0.417 e. The van der Waals surface area contributed by atoms with Crippen LogP contribution >= 0.6 is 0 Å². The highest BCUT2D eigenvalue weighted by Gasteiger charge is 2.38. The molecule has 4 aromatic carbocycles. The van der Waals surface area contributed by atoms with E-state index in [9.17, 15) is 40.7 Å². The number of carboxylic acid groups (broad SMARTS) is 1. The van der Waals surface area contributed by atoms with Crippen LogP contribution in [0.25, 0.3) is 10.8 Å². The van der Waals surface area contributed by atoms with Crippen molar-refractivity contribution in [2.24, 2.45) is 0 Å². The van der Waals surface area contributed by atoms with Gasteiger partial charge in [0.05, 0.1) is 40.9 Å². The lowest BCUT2D eigenvalue weighted by Gasteiger charge is -2.22. The van der Waals surface area contributed by atoms with E-state index in [0.29, 0.717) is 6.07 Å². The Hall–Kier alpha value is -5.00. The minimum Gasteiger partial charge on any atom is -0.497 e. The number of carbonyl (C=O) groups excluding carboxylic acids is 1. The van der Waals surface area contributed by atoms with Gasteiger partial charge in [0.15, 0.2) is 15.4 Å². The Kier molecular flexibility index (Phi) is 10.8. The second-order valence-electron chi connectivity index (χ2n) is 10.3. The molecule has 0 heterocycles. The van der Waals surface area contributed by atoms with Gasteiger partial charge in [-0.1, -0.05) is 24.3 Å². The van der Waals surface area contributed by atoms with Gasteiger partial charge in [-0.2, -0.15) is 18.4 Å². The lowest BCUT2D eigenvalue weighted by molar-refractivity contribution is -0.139. The minimum absolute atomic E-state index is 0.343. The maximum absolute atomic E-state index is 13.0. The zero-order chi connectivity index (χ0) is 34.4. The fourth-order valence-electron chi connectivity index (χ4n) is 4.16. The predicted octanol–water partition coefficient (Wildman–Crippen LogP) is 5.92. The summed E-state index contributed by atoms with van der Waals surface area (Å²) in [5.74, 6) is -3.55. The van der Waals surface area contributed by atoms with Gasteiger partial charge in [0.2, 0.25) is 0 Å². The largest absolute Gasteiger partial charge is 0.497 e. The molecule has 0 aliphatic carbocycles. The first-order valence-corrected chi connectivity index (χ1v) is 15.0. The number of nitriles is 1. The Morgan fingerprint density at radius 3 is 2.15 bits per heavy atom. The highest BCUT2D eigenvalue weighted by Crippen LogP contribution is 2.34. The topological polar surface area (TPSA) is 154 Å². The van der Waals surface area contributed by atoms with E-state index >= 15 is 0 Å². The number of aliphatic carboxylic acids is 1. The number of alkyl halides is 3. The Bertz CT molecular complexity index is 1900. The van der Waals surface area contributed by atoms with Crippen molar-refractivity contribution in [3.8, 4) is 11.8 Å². The van der Waals surface area contributed by atoms with Crippen molar-refractivity contribution in [2.45, 2.75) is 36.4 Å². The van der Waals surface area contributed by atoms with Gasteiger partial charge in [-0.3, -0.25) is 9.59 Å². The van der Waals surface area contributed by atoms with Gasteiger partial charge in [0, 0.05) is 5.69 Å². The van der Waals surface area contributed by atoms with Crippen LogP contribution in [0.15, 0.2) is 83.8 Å². The Labute approximate surface area is 261 Å². The molecule has 4 rings (SSSR count). The zero-order valence-corrected chi connectivity index (χ0v) is 25.4. The maximum atomic E-state index is 13.0. The summed E-state index contributed by atoms with van der Waals surface area (Å²) in [5.41, 5.74) is -4.05. The van der Waals surface area contributed by atoms with Gasteiger partial charge in [0.25, 0.3) is 5.91 Å². The number of hydrogen-bond donors (Lipinski definition) is 3. The number of rotatable bonds is 8. The molecular formula is C32H28F4N2O7S. The van der Waals surface area contributed by atoms with Crippen LogP contribution in [0.1, 0.15) is 36.5 Å². The van der Waals surface area contributed by atoms with E-state index in [-0.39, 0.29) is 10.6 Å². The summed E-state index contributed by atoms with van der Waals surface area (Å²) in [5, 5.41) is 32.1. The summed E-state index contributed by atoms with van der Waals surface area (Å²) in [6.07, 6.45) is -4.86. The average Bonchev–Trinajstić information content (AvgIpc) is 2.99. The van der Waals surface area contributed by atoms with Crippen LogP contribution in [-0.2, 0) is 25.6 Å². The molecule has 0 saturated carbocycles. The van der Waals surface area contributed by atoms with Gasteiger partial charge >= 0.3 is 12.1 Å². The van der Waals surface area contributed by atoms with E-state index in [1.807, 2.05) is 41.7 Å². The van der Waals surface area contributed by atoms with Crippen LogP contribution < -0.4 is 10.1 Å². The molecule has 0 aliphatic heterocycles. The highest BCUT2D eigenvalue weighted by atomic mass is 32.2. The summed E-state index contributed by atoms with van der Waals surface area (Å²) in [6.45, 7) is 2.56. The summed E-state index contributed by atoms with van der Waals surface area (Å²) < 4.78 is 81.8. The number of aliphatic hydroxyl groups is 1. The van der Waals surface area contributed by atoms with E-state index in [2.05, 4.69) is 0 Å². The van der Waals surface area contributed by atoms with E-state index < -0.39 is 62.1 Å². The Morgan fingerprint density at radius 1 is 0.978 bits per heavy atom. The van der Waals surface area contributed by atoms with Gasteiger partial charge < -0.3 is 20.3 Å². The van der Waals surface area contributed by atoms with Crippen LogP contribution in [-0.4, -0.2) is 49.0 Å². The van der Waals surface area contributed by atoms with Gasteiger partial charge in [-0.05, 0) is 84.8 Å². The molecule has 0 bridgehead atoms. The van der Waals surface area contributed by atoms with Crippen molar-refractivity contribution < 1.29 is 50.5 Å². The molecule has 0 fully saturated rings. The predicted molar refractivity (Wildman–Crippen MR) is 160 cm³/mol. The molecule has 1 amide bonds. The first-order valence-electron chi connectivity index (χ1n) is 13.3. The molecule has 0 saturated heterocycles. The maximum Gasteiger partial charge on any atom is 0.417 e. The summed E-state index contributed by atoms with van der Waals surface area (Å²) >= 11 is 0. The summed E-state index contributed by atoms with van der Waals surface area (Å²) in [6, 6.07) is 18.8. The third kappa shape index (κ3) is 8.80. The molecule has 0 radical (unpaired) electrons. The molecule has 46 heavy (non-hydrogen) atoms. The second-order valence-corrected chi connectivity index (χ2v) is 12.3. The van der Waals surface area contributed by atoms with Crippen LogP contribution in [0, 0.1) is 17.1 Å². The molecule has 2 atom stereocenters. The Morgan fingerprint density at radius 2 is 1.59 bits per heavy atom. The number of benzene rings is 4. The SMILES string of the molecule is CC(O)(CS(=O)(=O)c1ccc(F)cc1)C(=O)Nc1ccc(C#N)c(C(F)(F)F)c1.COc1ccc2cc([C@H](C)C(=O)O)ccc2c1. The number of ether oxygens (including phenoxy) is 1. The number of carboxylic acids is 1. The van der Waals surface area contributed by atoms with Crippen LogP contribution in [0.4, 0.5) is 23.2 Å². The van der Waals surface area contributed by atoms with Crippen molar-refractivity contribution in [2.75, 3.05) is 18.2 Å². The number of methoxy groups -OCH3 is 1. The number of anilines is 1. The molecule has 3 N–H and O–H groups in total. The zero-order valence-electron chi connectivity index (χ0n) is 24.6. The fourth-order valence-corrected chi connectivity index (χ4v) is 5.75. The third-order valence-corrected chi connectivity index (χ3v) is 8.71. The number of halogens is 4. The molecule has 14 heteroatoms. The quantitative estimate of drug-likeness (QED) is 0.156. The van der Waals surface area contributed by atoms with Gasteiger partial charge in [-0.25, -0.2) is 12.8 Å². The van der Waals surface area contributed by atoms with E-state index in [1.165, 1.54) is 6.07 Å². The monoisotopic (exact) mass is 660 g/mol. The third-order valence-electron chi connectivity index (χ3n) is 6.78. The number of hydrogen-bond acceptors (Lipinski definition) is 7. The fraction of sp³-hybridized carbons (Fsp3) is 0.219. The van der Waals surface area contributed by atoms with Gasteiger partial charge in [0.1, 0.15) is 11.6 Å². The normalized spacial score (nSPS) is 13.4. The number of fused-ring (bicyclic) bond motifs is 1. The van der Waals surface area contributed by atoms with Crippen molar-refractivity contribution in [3.63, 3.8) is 0 Å². The molecule has 4 aromatic rings.